The first-order valence-electron chi connectivity index (χ1n) is 5.80. The predicted octanol–water partition coefficient (Wildman–Crippen LogP) is 3.00. The van der Waals surface area contributed by atoms with E-state index in [4.69, 9.17) is 4.74 Å². The molecular formula is C15H18O3. The molecule has 0 amide bonds. The lowest BCUT2D eigenvalue weighted by Gasteiger charge is -2.19. The maximum Gasteiger partial charge on any atom is 0.342 e. The van der Waals surface area contributed by atoms with Gasteiger partial charge in [0.1, 0.15) is 11.2 Å². The molecule has 0 radical (unpaired) electrons. The Morgan fingerprint density at radius 2 is 1.67 bits per heavy atom. The van der Waals surface area contributed by atoms with Crippen molar-refractivity contribution in [2.24, 2.45) is 0 Å². The Labute approximate surface area is 107 Å². The van der Waals surface area contributed by atoms with Crippen LogP contribution in [0.1, 0.15) is 33.3 Å². The van der Waals surface area contributed by atoms with Crippen molar-refractivity contribution in [1.29, 1.82) is 0 Å². The highest BCUT2D eigenvalue weighted by molar-refractivity contribution is 6.19. The number of hydrogen-bond acceptors (Lipinski definition) is 3. The quantitative estimate of drug-likeness (QED) is 0.356. The van der Waals surface area contributed by atoms with Gasteiger partial charge in [-0.3, -0.25) is 4.79 Å². The van der Waals surface area contributed by atoms with Crippen LogP contribution in [0.3, 0.4) is 0 Å². The van der Waals surface area contributed by atoms with Crippen molar-refractivity contribution in [3.63, 3.8) is 0 Å². The Balaban J connectivity index is 3.01. The number of ether oxygens (including phenoxy) is 1. The molecule has 0 spiro atoms. The van der Waals surface area contributed by atoms with Gasteiger partial charge in [-0.2, -0.15) is 0 Å². The van der Waals surface area contributed by atoms with Gasteiger partial charge in [-0.05, 0) is 39.3 Å². The van der Waals surface area contributed by atoms with E-state index < -0.39 is 11.6 Å². The number of ketones is 1. The lowest BCUT2D eigenvalue weighted by Crippen LogP contribution is -2.26. The Hall–Kier alpha value is -1.90. The highest BCUT2D eigenvalue weighted by Crippen LogP contribution is 2.14. The third-order valence-electron chi connectivity index (χ3n) is 2.11. The van der Waals surface area contributed by atoms with E-state index in [2.05, 4.69) is 0 Å². The van der Waals surface area contributed by atoms with E-state index in [-0.39, 0.29) is 11.4 Å². The highest BCUT2D eigenvalue weighted by atomic mass is 16.6. The molecule has 0 saturated heterocycles. The third kappa shape index (κ3) is 4.53. The Kier molecular flexibility index (Phi) is 4.43. The largest absolute Gasteiger partial charge is 0.456 e. The fourth-order valence-corrected chi connectivity index (χ4v) is 1.35. The molecule has 96 valence electrons. The number of rotatable bonds is 3. The monoisotopic (exact) mass is 246 g/mol. The molecule has 0 N–H and O–H groups in total. The number of benzene rings is 1. The van der Waals surface area contributed by atoms with E-state index in [1.807, 2.05) is 30.3 Å². The van der Waals surface area contributed by atoms with E-state index in [1.165, 1.54) is 6.92 Å². The second-order valence-corrected chi connectivity index (χ2v) is 5.03. The minimum atomic E-state index is -0.609. The summed E-state index contributed by atoms with van der Waals surface area (Å²) in [4.78, 5) is 23.4. The van der Waals surface area contributed by atoms with Crippen LogP contribution in [0.15, 0.2) is 35.9 Å². The van der Waals surface area contributed by atoms with Crippen molar-refractivity contribution in [2.45, 2.75) is 33.3 Å². The van der Waals surface area contributed by atoms with Crippen LogP contribution in [-0.4, -0.2) is 17.4 Å². The molecule has 0 atom stereocenters. The first kappa shape index (κ1) is 14.2. The van der Waals surface area contributed by atoms with Crippen molar-refractivity contribution in [2.75, 3.05) is 0 Å². The van der Waals surface area contributed by atoms with Crippen LogP contribution >= 0.6 is 0 Å². The number of carbonyl (C=O) groups excluding carboxylic acids is 2. The minimum absolute atomic E-state index is 0.0659. The van der Waals surface area contributed by atoms with Crippen LogP contribution < -0.4 is 0 Å². The molecular weight excluding hydrogens is 228 g/mol. The van der Waals surface area contributed by atoms with Crippen molar-refractivity contribution in [3.8, 4) is 0 Å². The number of carbonyl (C=O) groups is 2. The van der Waals surface area contributed by atoms with E-state index in [0.29, 0.717) is 0 Å². The predicted molar refractivity (Wildman–Crippen MR) is 70.9 cm³/mol. The van der Waals surface area contributed by atoms with Crippen LogP contribution in [0, 0.1) is 0 Å². The van der Waals surface area contributed by atoms with Gasteiger partial charge >= 0.3 is 5.97 Å². The maximum atomic E-state index is 11.9. The van der Waals surface area contributed by atoms with Crippen molar-refractivity contribution in [1.82, 2.24) is 0 Å². The molecule has 0 bridgehead atoms. The molecule has 0 unspecified atom stereocenters. The lowest BCUT2D eigenvalue weighted by atomic mass is 10.1. The third-order valence-corrected chi connectivity index (χ3v) is 2.11. The molecule has 1 aromatic carbocycles. The molecule has 3 nitrogen and oxygen atoms in total. The van der Waals surface area contributed by atoms with Gasteiger partial charge in [0.25, 0.3) is 0 Å². The topological polar surface area (TPSA) is 43.4 Å². The lowest BCUT2D eigenvalue weighted by molar-refractivity contribution is -0.150. The van der Waals surface area contributed by atoms with E-state index in [0.717, 1.165) is 5.56 Å². The van der Waals surface area contributed by atoms with Crippen molar-refractivity contribution < 1.29 is 14.3 Å². The normalized spacial score (nSPS) is 12.1. The van der Waals surface area contributed by atoms with Gasteiger partial charge in [-0.25, -0.2) is 4.79 Å². The van der Waals surface area contributed by atoms with E-state index in [1.54, 1.807) is 26.8 Å². The molecule has 1 aromatic rings. The number of hydrogen-bond donors (Lipinski definition) is 0. The van der Waals surface area contributed by atoms with E-state index in [9.17, 15) is 9.59 Å². The summed E-state index contributed by atoms with van der Waals surface area (Å²) in [5, 5.41) is 0. The highest BCUT2D eigenvalue weighted by Gasteiger charge is 2.22. The van der Waals surface area contributed by atoms with Crippen molar-refractivity contribution >= 4 is 17.8 Å². The molecule has 0 aromatic heterocycles. The molecule has 1 rings (SSSR count). The summed E-state index contributed by atoms with van der Waals surface area (Å²) in [5.74, 6) is -0.882. The van der Waals surface area contributed by atoms with Gasteiger partial charge < -0.3 is 4.74 Å². The zero-order valence-electron chi connectivity index (χ0n) is 11.2. The first-order valence-corrected chi connectivity index (χ1v) is 5.80. The first-order chi connectivity index (χ1) is 8.29. The zero-order chi connectivity index (χ0) is 13.8. The van der Waals surface area contributed by atoms with Gasteiger partial charge in [0, 0.05) is 0 Å². The summed E-state index contributed by atoms with van der Waals surface area (Å²) in [6.07, 6.45) is 1.55. The van der Waals surface area contributed by atoms with E-state index >= 15 is 0 Å². The average molecular weight is 246 g/mol. The zero-order valence-corrected chi connectivity index (χ0v) is 11.2. The van der Waals surface area contributed by atoms with Gasteiger partial charge in [0.2, 0.25) is 0 Å². The van der Waals surface area contributed by atoms with Crippen LogP contribution in [0.5, 0.6) is 0 Å². The Morgan fingerprint density at radius 3 is 2.11 bits per heavy atom. The number of Topliss-reactive ketones (excluding diaryl/α,β-unsaturated/α-hetero) is 1. The van der Waals surface area contributed by atoms with Crippen LogP contribution in [0.25, 0.3) is 6.08 Å². The summed E-state index contributed by atoms with van der Waals surface area (Å²) in [6, 6.07) is 9.22. The second kappa shape index (κ2) is 5.63. The standard InChI is InChI=1S/C15H18O3/c1-11(16)13(14(17)18-15(2,3)4)10-12-8-6-5-7-9-12/h5-10H,1-4H3/b13-10-. The second-order valence-electron chi connectivity index (χ2n) is 5.03. The van der Waals surface area contributed by atoms with Crippen molar-refractivity contribution in [3.05, 3.63) is 41.5 Å². The van der Waals surface area contributed by atoms with Gasteiger partial charge in [0.15, 0.2) is 5.78 Å². The minimum Gasteiger partial charge on any atom is -0.456 e. The molecule has 3 heteroatoms. The summed E-state index contributed by atoms with van der Waals surface area (Å²) in [5.41, 5.74) is 0.257. The molecule has 0 aliphatic heterocycles. The summed E-state index contributed by atoms with van der Waals surface area (Å²) >= 11 is 0. The molecule has 0 aliphatic carbocycles. The average Bonchev–Trinajstić information content (AvgIpc) is 2.24. The molecule has 0 heterocycles. The summed E-state index contributed by atoms with van der Waals surface area (Å²) < 4.78 is 5.21. The fraction of sp³-hybridized carbons (Fsp3) is 0.333. The van der Waals surface area contributed by atoms with Gasteiger partial charge in [-0.1, -0.05) is 30.3 Å². The summed E-state index contributed by atoms with van der Waals surface area (Å²) in [7, 11) is 0. The van der Waals surface area contributed by atoms with Crippen LogP contribution in [0.4, 0.5) is 0 Å². The fourth-order valence-electron chi connectivity index (χ4n) is 1.35. The SMILES string of the molecule is CC(=O)/C(=C/c1ccccc1)C(=O)OC(C)(C)C. The maximum absolute atomic E-state index is 11.9. The van der Waals surface area contributed by atoms with Gasteiger partial charge in [0.05, 0.1) is 0 Å². The van der Waals surface area contributed by atoms with Crippen LogP contribution in [0.2, 0.25) is 0 Å². The molecule has 18 heavy (non-hydrogen) atoms. The Morgan fingerprint density at radius 1 is 1.11 bits per heavy atom. The summed E-state index contributed by atoms with van der Waals surface area (Å²) in [6.45, 7) is 6.67. The number of esters is 1. The molecule has 0 aliphatic rings. The molecule has 0 saturated carbocycles. The smallest absolute Gasteiger partial charge is 0.342 e. The Bertz CT molecular complexity index is 464. The van der Waals surface area contributed by atoms with Gasteiger partial charge in [-0.15, -0.1) is 0 Å². The van der Waals surface area contributed by atoms with Crippen LogP contribution in [-0.2, 0) is 14.3 Å². The molecule has 0 fully saturated rings.